The summed E-state index contributed by atoms with van der Waals surface area (Å²) in [5, 5.41) is 54.5. The van der Waals surface area contributed by atoms with Gasteiger partial charge in [0.25, 0.3) is 0 Å². The molecule has 9 nitrogen and oxygen atoms in total. The lowest BCUT2D eigenvalue weighted by atomic mass is 9.58. The minimum atomic E-state index is -2.10. The number of rotatable bonds is 4. The van der Waals surface area contributed by atoms with Gasteiger partial charge in [0, 0.05) is 5.92 Å². The smallest absolute Gasteiger partial charge is 0.359 e. The second-order valence-electron chi connectivity index (χ2n) is 12.2. The second-order valence-corrected chi connectivity index (χ2v) is 12.2. The molecule has 9 heteroatoms. The molecule has 1 heterocycles. The highest BCUT2D eigenvalue weighted by molar-refractivity contribution is 5.88. The SMILES string of the molecule is CC1=C[C@]23C(O)[C@@H](C=C(CO)[C@@H](O)[C@]2(O)[C@H]1OC(=O)c1cnnn1-c1ccccc1)[C@H]1[C@@H](C[C@H]3C)C1(C)C. The average molecular weight is 522 g/mol. The Kier molecular flexibility index (Phi) is 5.57. The van der Waals surface area contributed by atoms with Crippen LogP contribution < -0.4 is 0 Å². The van der Waals surface area contributed by atoms with Gasteiger partial charge in [0.1, 0.15) is 11.7 Å². The molecule has 4 aliphatic carbocycles. The van der Waals surface area contributed by atoms with Crippen molar-refractivity contribution >= 4 is 5.97 Å². The van der Waals surface area contributed by atoms with Crippen molar-refractivity contribution in [1.82, 2.24) is 15.0 Å². The molecule has 6 rings (SSSR count). The van der Waals surface area contributed by atoms with Gasteiger partial charge < -0.3 is 25.2 Å². The van der Waals surface area contributed by atoms with Crippen molar-refractivity contribution in [3.8, 4) is 5.69 Å². The van der Waals surface area contributed by atoms with Crippen LogP contribution in [0.4, 0.5) is 0 Å². The first-order valence-corrected chi connectivity index (χ1v) is 13.3. The highest BCUT2D eigenvalue weighted by atomic mass is 16.6. The first kappa shape index (κ1) is 25.4. The molecule has 1 aromatic heterocycles. The predicted octanol–water partition coefficient (Wildman–Crippen LogP) is 2.05. The first-order valence-electron chi connectivity index (χ1n) is 13.3. The fourth-order valence-electron chi connectivity index (χ4n) is 8.20. The van der Waals surface area contributed by atoms with Crippen LogP contribution >= 0.6 is 0 Å². The van der Waals surface area contributed by atoms with Crippen molar-refractivity contribution in [3.05, 3.63) is 65.5 Å². The number of carbonyl (C=O) groups is 1. The largest absolute Gasteiger partial charge is 0.450 e. The highest BCUT2D eigenvalue weighted by Crippen LogP contribution is 2.72. The Balaban J connectivity index is 1.43. The Morgan fingerprint density at radius 1 is 1.21 bits per heavy atom. The van der Waals surface area contributed by atoms with Crippen LogP contribution in [0.5, 0.6) is 0 Å². The first-order chi connectivity index (χ1) is 18.0. The second kappa shape index (κ2) is 8.32. The Morgan fingerprint density at radius 2 is 1.92 bits per heavy atom. The van der Waals surface area contributed by atoms with Gasteiger partial charge in [0.15, 0.2) is 11.8 Å². The molecule has 2 aromatic rings. The highest BCUT2D eigenvalue weighted by Gasteiger charge is 2.76. The molecule has 1 aromatic carbocycles. The van der Waals surface area contributed by atoms with Gasteiger partial charge in [-0.15, -0.1) is 5.10 Å². The van der Waals surface area contributed by atoms with Crippen LogP contribution in [0.3, 0.4) is 0 Å². The monoisotopic (exact) mass is 521 g/mol. The molecule has 2 bridgehead atoms. The van der Waals surface area contributed by atoms with E-state index in [1.165, 1.54) is 10.9 Å². The summed E-state index contributed by atoms with van der Waals surface area (Å²) in [4.78, 5) is 13.5. The number of benzene rings is 1. The van der Waals surface area contributed by atoms with E-state index in [0.29, 0.717) is 17.2 Å². The zero-order valence-electron chi connectivity index (χ0n) is 22.0. The van der Waals surface area contributed by atoms with Crippen LogP contribution in [0.15, 0.2) is 59.8 Å². The molecule has 1 spiro atoms. The van der Waals surface area contributed by atoms with E-state index in [-0.39, 0.29) is 34.4 Å². The number of fused-ring (bicyclic) bond motifs is 3. The van der Waals surface area contributed by atoms with Gasteiger partial charge >= 0.3 is 5.97 Å². The Morgan fingerprint density at radius 3 is 2.61 bits per heavy atom. The van der Waals surface area contributed by atoms with Gasteiger partial charge in [0.2, 0.25) is 0 Å². The number of aromatic nitrogens is 3. The van der Waals surface area contributed by atoms with E-state index in [4.69, 9.17) is 4.74 Å². The van der Waals surface area contributed by atoms with E-state index in [0.717, 1.165) is 6.42 Å². The van der Waals surface area contributed by atoms with Crippen molar-refractivity contribution in [2.24, 2.45) is 34.5 Å². The zero-order chi connectivity index (χ0) is 27.2. The van der Waals surface area contributed by atoms with Gasteiger partial charge in [0.05, 0.1) is 30.0 Å². The summed E-state index contributed by atoms with van der Waals surface area (Å²) in [6, 6.07) is 9.02. The Bertz CT molecular complexity index is 1330. The summed E-state index contributed by atoms with van der Waals surface area (Å²) in [6.07, 6.45) is 1.74. The number of hydrogen-bond acceptors (Lipinski definition) is 8. The van der Waals surface area contributed by atoms with E-state index < -0.39 is 41.9 Å². The molecule has 4 N–H and O–H groups in total. The van der Waals surface area contributed by atoms with Gasteiger partial charge in [-0.1, -0.05) is 56.3 Å². The number of aliphatic hydroxyl groups is 4. The van der Waals surface area contributed by atoms with Crippen molar-refractivity contribution in [2.75, 3.05) is 6.61 Å². The molecular formula is C29H35N3O6. The number of hydrogen-bond donors (Lipinski definition) is 4. The number of nitrogens with zero attached hydrogens (tertiary/aromatic N) is 3. The molecule has 0 radical (unpaired) electrons. The molecule has 1 unspecified atom stereocenters. The summed E-state index contributed by atoms with van der Waals surface area (Å²) >= 11 is 0. The summed E-state index contributed by atoms with van der Waals surface area (Å²) in [5.41, 5.74) is -1.94. The molecule has 0 amide bonds. The lowest BCUT2D eigenvalue weighted by Crippen LogP contribution is -2.66. The molecule has 2 saturated carbocycles. The Hall–Kier alpha value is -2.85. The average Bonchev–Trinajstić information content (AvgIpc) is 3.20. The minimum absolute atomic E-state index is 0.00192. The van der Waals surface area contributed by atoms with E-state index in [2.05, 4.69) is 24.2 Å². The van der Waals surface area contributed by atoms with Crippen LogP contribution in [-0.2, 0) is 4.74 Å². The number of ether oxygens (including phenoxy) is 1. The normalized spacial score (nSPS) is 40.7. The van der Waals surface area contributed by atoms with Crippen molar-refractivity contribution in [2.45, 2.75) is 58.0 Å². The molecule has 9 atom stereocenters. The van der Waals surface area contributed by atoms with Gasteiger partial charge in [-0.2, -0.15) is 0 Å². The van der Waals surface area contributed by atoms with Crippen molar-refractivity contribution < 1.29 is 30.0 Å². The number of aliphatic hydroxyl groups excluding tert-OH is 3. The van der Waals surface area contributed by atoms with Crippen LogP contribution in [0.25, 0.3) is 5.69 Å². The molecule has 0 aliphatic heterocycles. The quantitative estimate of drug-likeness (QED) is 0.354. The summed E-state index contributed by atoms with van der Waals surface area (Å²) in [7, 11) is 0. The van der Waals surface area contributed by atoms with Crippen LogP contribution in [0, 0.1) is 34.5 Å². The van der Waals surface area contributed by atoms with E-state index >= 15 is 0 Å². The topological polar surface area (TPSA) is 138 Å². The molecule has 0 saturated heterocycles. The van der Waals surface area contributed by atoms with E-state index in [1.54, 1.807) is 25.1 Å². The summed E-state index contributed by atoms with van der Waals surface area (Å²) in [6.45, 7) is 7.61. The molecule has 2 fully saturated rings. The van der Waals surface area contributed by atoms with Crippen molar-refractivity contribution in [1.29, 1.82) is 0 Å². The van der Waals surface area contributed by atoms with Crippen LogP contribution in [-0.4, -0.2) is 71.9 Å². The fraction of sp³-hybridized carbons (Fsp3) is 0.552. The minimum Gasteiger partial charge on any atom is -0.450 e. The van der Waals surface area contributed by atoms with Crippen molar-refractivity contribution in [3.63, 3.8) is 0 Å². The zero-order valence-corrected chi connectivity index (χ0v) is 22.0. The van der Waals surface area contributed by atoms with Crippen LogP contribution in [0.2, 0.25) is 0 Å². The number of esters is 1. The van der Waals surface area contributed by atoms with Gasteiger partial charge in [-0.05, 0) is 59.8 Å². The maximum Gasteiger partial charge on any atom is 0.359 e. The summed E-state index contributed by atoms with van der Waals surface area (Å²) < 4.78 is 7.34. The van der Waals surface area contributed by atoms with Gasteiger partial charge in [-0.3, -0.25) is 0 Å². The maximum atomic E-state index is 13.5. The molecular weight excluding hydrogens is 486 g/mol. The lowest BCUT2D eigenvalue weighted by molar-refractivity contribution is -0.215. The molecule has 38 heavy (non-hydrogen) atoms. The maximum absolute atomic E-state index is 13.5. The lowest BCUT2D eigenvalue weighted by Gasteiger charge is -2.52. The third-order valence-electron chi connectivity index (χ3n) is 10.1. The third-order valence-corrected chi connectivity index (χ3v) is 10.1. The van der Waals surface area contributed by atoms with E-state index in [9.17, 15) is 25.2 Å². The number of para-hydroxylation sites is 1. The molecule has 4 aliphatic rings. The third kappa shape index (κ3) is 3.10. The number of carbonyl (C=O) groups excluding carboxylic acids is 1. The molecule has 202 valence electrons. The predicted molar refractivity (Wildman–Crippen MR) is 137 cm³/mol. The van der Waals surface area contributed by atoms with E-state index in [1.807, 2.05) is 31.2 Å². The standard InChI is InChI=1S/C29H35N3O6/c1-15-12-28-16(2)10-20-22(27(20,3)4)19(24(28)35)11-17(14-33)23(34)29(28,37)25(15)38-26(36)21-13-30-31-32(21)18-8-6-5-7-9-18/h5-9,11-13,16,19-20,22-25,33-35,37H,10,14H2,1-4H3/t16-,19+,20-,22+,23-,24?,25+,28+,29+/m1/s1. The summed E-state index contributed by atoms with van der Waals surface area (Å²) in [5.74, 6) is -0.902. The fourth-order valence-corrected chi connectivity index (χ4v) is 8.20. The van der Waals surface area contributed by atoms with Crippen LogP contribution in [0.1, 0.15) is 44.6 Å². The van der Waals surface area contributed by atoms with Gasteiger partial charge in [-0.25, -0.2) is 9.48 Å². The Labute approximate surface area is 221 Å².